The second-order valence-electron chi connectivity index (χ2n) is 8.53. The largest absolute Gasteiger partial charge is 0.239 e. The maximum absolute atomic E-state index is 8.49. The first-order valence-electron chi connectivity index (χ1n) is 11.9. The summed E-state index contributed by atoms with van der Waals surface area (Å²) in [7, 11) is -9.89. The Morgan fingerprint density at radius 1 is 0.381 bits per heavy atom. The van der Waals surface area contributed by atoms with E-state index in [0.29, 0.717) is 0 Å². The van der Waals surface area contributed by atoms with Crippen LogP contribution in [-0.4, -0.2) is 0 Å². The first kappa shape index (κ1) is 31.7. The quantitative estimate of drug-likeness (QED) is 0.244. The summed E-state index contributed by atoms with van der Waals surface area (Å²) in [6.07, 6.45) is 0. The molecule has 0 atom stereocenters. The molecule has 0 N–H and O–H groups in total. The van der Waals surface area contributed by atoms with Crippen molar-refractivity contribution in [2.75, 3.05) is 0 Å². The van der Waals surface area contributed by atoms with Crippen molar-refractivity contribution in [2.45, 2.75) is 0 Å². The van der Waals surface area contributed by atoms with E-state index in [0.717, 1.165) is 0 Å². The molecule has 12 heteroatoms. The standard InChI is InChI=1S/C30H20S2.2ClHO4/c1-3-11-21(12-4-1)29-19-25(23-15-7-9-17-27(23)31-29)26-20-30(22-13-5-2-6-14-22)32-28-18-10-8-16-24(26)28;2*2-1(3,4)5/h1-20H;2*(H,2,3,4,5)/q+2;;/p-2. The van der Waals surface area contributed by atoms with Gasteiger partial charge in [0.15, 0.2) is 0 Å². The van der Waals surface area contributed by atoms with E-state index in [4.69, 9.17) is 37.3 Å². The lowest BCUT2D eigenvalue weighted by Crippen LogP contribution is -2.68. The van der Waals surface area contributed by atoms with Crippen LogP contribution in [0.25, 0.3) is 52.2 Å². The molecule has 0 unspecified atom stereocenters. The SMILES string of the molecule is [O-][Cl+3]([O-])([O-])[O-].[O-][Cl+3]([O-])([O-])[O-].c1ccc(-c2cc(-c3cc(-c4ccccc4)[s+]c4ccccc34)c3ccccc3[s+]2)cc1. The first-order chi connectivity index (χ1) is 19.9. The Morgan fingerprint density at radius 3 is 1.00 bits per heavy atom. The predicted molar refractivity (Wildman–Crippen MR) is 142 cm³/mol. The van der Waals surface area contributed by atoms with Gasteiger partial charge in [0.05, 0.1) is 0 Å². The van der Waals surface area contributed by atoms with E-state index in [9.17, 15) is 0 Å². The van der Waals surface area contributed by atoms with E-state index in [1.807, 2.05) is 22.7 Å². The van der Waals surface area contributed by atoms with Crippen molar-refractivity contribution in [2.24, 2.45) is 0 Å². The molecule has 0 saturated heterocycles. The van der Waals surface area contributed by atoms with Crippen molar-refractivity contribution >= 4 is 42.8 Å². The normalized spacial score (nSPS) is 11.3. The van der Waals surface area contributed by atoms with Gasteiger partial charge < -0.3 is 0 Å². The van der Waals surface area contributed by atoms with Crippen molar-refractivity contribution < 1.29 is 57.8 Å². The highest BCUT2D eigenvalue weighted by Crippen LogP contribution is 2.43. The second-order valence-corrected chi connectivity index (χ2v) is 12.2. The highest BCUT2D eigenvalue weighted by Gasteiger charge is 2.23. The molecule has 214 valence electrons. The molecule has 0 aliphatic heterocycles. The summed E-state index contributed by atoms with van der Waals surface area (Å²) in [5, 5.41) is 2.61. The molecule has 4 aromatic carbocycles. The molecule has 2 heterocycles. The van der Waals surface area contributed by atoms with Gasteiger partial charge in [-0.1, -0.05) is 60.7 Å². The maximum Gasteiger partial charge on any atom is 0.239 e. The molecule has 6 aromatic rings. The molecule has 2 aromatic heterocycles. The van der Waals surface area contributed by atoms with Crippen molar-refractivity contribution in [3.05, 3.63) is 121 Å². The van der Waals surface area contributed by atoms with Gasteiger partial charge in [-0.15, -0.1) is 20.5 Å². The van der Waals surface area contributed by atoms with Gasteiger partial charge >= 0.3 is 0 Å². The van der Waals surface area contributed by atoms with Crippen LogP contribution in [-0.2, 0) is 0 Å². The third kappa shape index (κ3) is 9.41. The summed E-state index contributed by atoms with van der Waals surface area (Å²) < 4.78 is 70.6. The summed E-state index contributed by atoms with van der Waals surface area (Å²) in [5.74, 6) is 0. The second kappa shape index (κ2) is 13.8. The Balaban J connectivity index is 0.000000352. The van der Waals surface area contributed by atoms with Crippen molar-refractivity contribution in [3.8, 4) is 32.0 Å². The van der Waals surface area contributed by atoms with E-state index >= 15 is 0 Å². The van der Waals surface area contributed by atoms with Gasteiger partial charge in [-0.3, -0.25) is 0 Å². The monoisotopic (exact) mass is 642 g/mol. The average molecular weight is 644 g/mol. The van der Waals surface area contributed by atoms with Gasteiger partial charge in [-0.2, -0.15) is 0 Å². The van der Waals surface area contributed by atoms with E-state index in [-0.39, 0.29) is 0 Å². The fraction of sp³-hybridized carbons (Fsp3) is 0. The van der Waals surface area contributed by atoms with Crippen LogP contribution in [0.4, 0.5) is 0 Å². The molecule has 0 spiro atoms. The van der Waals surface area contributed by atoms with Gasteiger partial charge in [0.2, 0.25) is 41.8 Å². The fourth-order valence-electron chi connectivity index (χ4n) is 4.20. The highest BCUT2D eigenvalue weighted by molar-refractivity contribution is 7.22. The zero-order valence-corrected chi connectivity index (χ0v) is 24.5. The zero-order valence-electron chi connectivity index (χ0n) is 21.4. The summed E-state index contributed by atoms with van der Waals surface area (Å²) in [6, 6.07) is 43.7. The third-order valence-electron chi connectivity index (χ3n) is 5.75. The number of hydrogen-bond acceptors (Lipinski definition) is 8. The van der Waals surface area contributed by atoms with Crippen LogP contribution in [0.15, 0.2) is 121 Å². The minimum absolute atomic E-state index is 1.26. The lowest BCUT2D eigenvalue weighted by Gasteiger charge is -2.17. The maximum atomic E-state index is 8.49. The number of rotatable bonds is 3. The molecule has 8 nitrogen and oxygen atoms in total. The minimum atomic E-state index is -4.94. The number of benzene rings is 4. The zero-order chi connectivity index (χ0) is 30.3. The van der Waals surface area contributed by atoms with Crippen LogP contribution in [0.3, 0.4) is 0 Å². The lowest BCUT2D eigenvalue weighted by atomic mass is 9.98. The number of halogens is 2. The Bertz CT molecular complexity index is 1630. The predicted octanol–water partition coefficient (Wildman–Crippen LogP) is 0.167. The molecule has 0 saturated carbocycles. The van der Waals surface area contributed by atoms with Crippen LogP contribution in [0, 0.1) is 20.5 Å². The van der Waals surface area contributed by atoms with Crippen molar-refractivity contribution in [1.29, 1.82) is 0 Å². The molecule has 0 fully saturated rings. The molecule has 0 bridgehead atoms. The average Bonchev–Trinajstić information content (AvgIpc) is 2.95. The third-order valence-corrected chi connectivity index (χ3v) is 8.05. The van der Waals surface area contributed by atoms with Gasteiger partial charge in [0.25, 0.3) is 0 Å². The number of fused-ring (bicyclic) bond motifs is 2. The smallest absolute Gasteiger partial charge is 0.222 e. The Labute approximate surface area is 253 Å². The lowest BCUT2D eigenvalue weighted by molar-refractivity contribution is -2.00. The molecule has 0 radical (unpaired) electrons. The molecule has 0 aliphatic carbocycles. The summed E-state index contributed by atoms with van der Waals surface area (Å²) in [5.41, 5.74) is 5.10. The van der Waals surface area contributed by atoms with Gasteiger partial charge in [0, 0.05) is 57.3 Å². The Kier molecular flexibility index (Phi) is 10.5. The van der Waals surface area contributed by atoms with Crippen molar-refractivity contribution in [3.63, 3.8) is 0 Å². The minimum Gasteiger partial charge on any atom is -0.222 e. The van der Waals surface area contributed by atoms with Crippen LogP contribution >= 0.6 is 22.7 Å². The Morgan fingerprint density at radius 2 is 0.667 bits per heavy atom. The van der Waals surface area contributed by atoms with Crippen molar-refractivity contribution in [1.82, 2.24) is 0 Å². The fourth-order valence-corrected chi connectivity index (χ4v) is 6.41. The van der Waals surface area contributed by atoms with Gasteiger partial charge in [0.1, 0.15) is 0 Å². The molecular weight excluding hydrogens is 623 g/mol. The summed E-state index contributed by atoms with van der Waals surface area (Å²) in [4.78, 5) is 2.58. The van der Waals surface area contributed by atoms with Gasteiger partial charge in [-0.25, -0.2) is 37.3 Å². The van der Waals surface area contributed by atoms with E-state index in [1.165, 1.54) is 52.2 Å². The van der Waals surface area contributed by atoms with E-state index in [1.54, 1.807) is 0 Å². The molecule has 42 heavy (non-hydrogen) atoms. The highest BCUT2D eigenvalue weighted by atomic mass is 35.7. The molecule has 0 amide bonds. The molecule has 6 rings (SSSR count). The Hall–Kier alpha value is -3.20. The summed E-state index contributed by atoms with van der Waals surface area (Å²) >= 11 is 3.71. The van der Waals surface area contributed by atoms with E-state index in [2.05, 4.69) is 121 Å². The first-order valence-corrected chi connectivity index (χ1v) is 16.0. The molecular formula is C30H20Cl2O8S2. The van der Waals surface area contributed by atoms with Crippen LogP contribution < -0.4 is 37.3 Å². The van der Waals surface area contributed by atoms with Crippen LogP contribution in [0.5, 0.6) is 0 Å². The van der Waals surface area contributed by atoms with E-state index < -0.39 is 20.5 Å². The summed E-state index contributed by atoms with van der Waals surface area (Å²) in [6.45, 7) is 0. The number of hydrogen-bond donors (Lipinski definition) is 0. The topological polar surface area (TPSA) is 184 Å². The van der Waals surface area contributed by atoms with Crippen LogP contribution in [0.1, 0.15) is 0 Å². The molecule has 0 aliphatic rings. The van der Waals surface area contributed by atoms with Crippen LogP contribution in [0.2, 0.25) is 0 Å². The van der Waals surface area contributed by atoms with Gasteiger partial charge in [-0.05, 0) is 36.4 Å².